The predicted octanol–water partition coefficient (Wildman–Crippen LogP) is 1.38. The van der Waals surface area contributed by atoms with E-state index in [-0.39, 0.29) is 23.8 Å². The maximum absolute atomic E-state index is 11.2. The molecule has 0 heterocycles. The van der Waals surface area contributed by atoms with Crippen molar-refractivity contribution in [3.05, 3.63) is 0 Å². The summed E-state index contributed by atoms with van der Waals surface area (Å²) in [5.41, 5.74) is 6.23. The van der Waals surface area contributed by atoms with Gasteiger partial charge >= 0.3 is 0 Å². The lowest BCUT2D eigenvalue weighted by atomic mass is 9.52. The van der Waals surface area contributed by atoms with Crippen LogP contribution in [-0.4, -0.2) is 38.7 Å². The fraction of sp³-hybridized carbons (Fsp3) is 1.00. The highest BCUT2D eigenvalue weighted by atomic mass is 35.5. The molecule has 2 N–H and O–H groups in total. The van der Waals surface area contributed by atoms with E-state index in [2.05, 4.69) is 0 Å². The van der Waals surface area contributed by atoms with Crippen molar-refractivity contribution in [2.24, 2.45) is 23.5 Å². The van der Waals surface area contributed by atoms with E-state index >= 15 is 0 Å². The summed E-state index contributed by atoms with van der Waals surface area (Å²) in [6.07, 6.45) is 7.00. The molecule has 0 spiro atoms. The van der Waals surface area contributed by atoms with Crippen molar-refractivity contribution in [2.45, 2.75) is 43.7 Å². The number of halogens is 1. The van der Waals surface area contributed by atoms with Crippen LogP contribution in [0.15, 0.2) is 0 Å². The topological polar surface area (TPSA) is 69.4 Å². The quantitative estimate of drug-likeness (QED) is 0.851. The molecule has 4 bridgehead atoms. The standard InChI is InChI=1S/C13H23NO3S.ClH/c1-18(15,16)3-2-17-13-6-9-4-10(7-13)12(14)11(5-9)8-13;/h9-12H,2-8,14H2,1H3;1H. The van der Waals surface area contributed by atoms with Gasteiger partial charge in [-0.15, -0.1) is 12.4 Å². The minimum Gasteiger partial charge on any atom is -0.374 e. The van der Waals surface area contributed by atoms with Crippen LogP contribution in [0.5, 0.6) is 0 Å². The first kappa shape index (κ1) is 15.5. The minimum atomic E-state index is -2.92. The maximum Gasteiger partial charge on any atom is 0.149 e. The average molecular weight is 310 g/mol. The highest BCUT2D eigenvalue weighted by molar-refractivity contribution is 7.90. The van der Waals surface area contributed by atoms with Crippen molar-refractivity contribution >= 4 is 22.2 Å². The van der Waals surface area contributed by atoms with E-state index < -0.39 is 9.84 Å². The summed E-state index contributed by atoms with van der Waals surface area (Å²) in [6, 6.07) is 0.355. The van der Waals surface area contributed by atoms with Crippen LogP contribution in [0.3, 0.4) is 0 Å². The van der Waals surface area contributed by atoms with Crippen LogP contribution in [0, 0.1) is 17.8 Å². The van der Waals surface area contributed by atoms with E-state index in [1.165, 1.54) is 19.1 Å². The molecule has 2 atom stereocenters. The molecule has 0 aromatic heterocycles. The van der Waals surface area contributed by atoms with Gasteiger partial charge in [-0.3, -0.25) is 0 Å². The van der Waals surface area contributed by atoms with Crippen molar-refractivity contribution < 1.29 is 13.2 Å². The lowest BCUT2D eigenvalue weighted by molar-refractivity contribution is -0.165. The van der Waals surface area contributed by atoms with Gasteiger partial charge in [0.15, 0.2) is 0 Å². The summed E-state index contributed by atoms with van der Waals surface area (Å²) in [4.78, 5) is 0. The van der Waals surface area contributed by atoms with Gasteiger partial charge in [-0.1, -0.05) is 0 Å². The largest absolute Gasteiger partial charge is 0.374 e. The summed E-state index contributed by atoms with van der Waals surface area (Å²) in [5, 5.41) is 0. The molecule has 2 unspecified atom stereocenters. The zero-order chi connectivity index (χ0) is 13.0. The SMILES string of the molecule is CS(=O)(=O)CCOC12CC3CC(C1)C(N)C(C3)C2.Cl. The highest BCUT2D eigenvalue weighted by Crippen LogP contribution is 2.56. The molecule has 4 aliphatic carbocycles. The Hall–Kier alpha value is 0.160. The molecule has 0 amide bonds. The number of hydrogen-bond acceptors (Lipinski definition) is 4. The monoisotopic (exact) mass is 309 g/mol. The Morgan fingerprint density at radius 1 is 1.21 bits per heavy atom. The fourth-order valence-electron chi connectivity index (χ4n) is 4.58. The van der Waals surface area contributed by atoms with E-state index in [9.17, 15) is 8.42 Å². The maximum atomic E-state index is 11.2. The van der Waals surface area contributed by atoms with Crippen molar-refractivity contribution in [1.82, 2.24) is 0 Å². The fourth-order valence-corrected chi connectivity index (χ4v) is 4.96. The molecule has 0 saturated heterocycles. The van der Waals surface area contributed by atoms with Gasteiger partial charge in [0.05, 0.1) is 18.0 Å². The van der Waals surface area contributed by atoms with Gasteiger partial charge in [-0.25, -0.2) is 8.42 Å². The average Bonchev–Trinajstić information content (AvgIpc) is 2.22. The summed E-state index contributed by atoms with van der Waals surface area (Å²) in [7, 11) is -2.92. The minimum absolute atomic E-state index is 0. The summed E-state index contributed by atoms with van der Waals surface area (Å²) >= 11 is 0. The van der Waals surface area contributed by atoms with Crippen molar-refractivity contribution in [3.8, 4) is 0 Å². The summed E-state index contributed by atoms with van der Waals surface area (Å²) < 4.78 is 28.4. The molecule has 4 aliphatic rings. The van der Waals surface area contributed by atoms with Crippen LogP contribution in [0.25, 0.3) is 0 Å². The van der Waals surface area contributed by atoms with Crippen LogP contribution < -0.4 is 5.73 Å². The van der Waals surface area contributed by atoms with Crippen LogP contribution >= 0.6 is 12.4 Å². The Morgan fingerprint density at radius 2 is 1.79 bits per heavy atom. The van der Waals surface area contributed by atoms with Crippen molar-refractivity contribution in [3.63, 3.8) is 0 Å². The molecule has 4 saturated carbocycles. The molecule has 4 fully saturated rings. The number of ether oxygens (including phenoxy) is 1. The number of sulfone groups is 1. The van der Waals surface area contributed by atoms with Gasteiger partial charge in [-0.2, -0.15) is 0 Å². The van der Waals surface area contributed by atoms with Gasteiger partial charge in [0.25, 0.3) is 0 Å². The second-order valence-corrected chi connectivity index (χ2v) is 8.97. The van der Waals surface area contributed by atoms with Crippen LogP contribution in [0.2, 0.25) is 0 Å². The number of rotatable bonds is 4. The van der Waals surface area contributed by atoms with Gasteiger partial charge in [0.1, 0.15) is 9.84 Å². The van der Waals surface area contributed by atoms with E-state index in [0.29, 0.717) is 24.5 Å². The normalized spacial score (nSPS) is 44.1. The molecule has 112 valence electrons. The van der Waals surface area contributed by atoms with Crippen molar-refractivity contribution in [1.29, 1.82) is 0 Å². The molecule has 6 heteroatoms. The van der Waals surface area contributed by atoms with Crippen LogP contribution in [-0.2, 0) is 14.6 Å². The molecule has 4 nitrogen and oxygen atoms in total. The first-order chi connectivity index (χ1) is 8.37. The molecular formula is C13H24ClNO3S. The van der Waals surface area contributed by atoms with E-state index in [1.54, 1.807) is 0 Å². The molecule has 0 aliphatic heterocycles. The number of hydrogen-bond donors (Lipinski definition) is 1. The van der Waals surface area contributed by atoms with Gasteiger partial charge in [0, 0.05) is 12.3 Å². The van der Waals surface area contributed by atoms with Crippen LogP contribution in [0.1, 0.15) is 32.1 Å². The molecule has 4 rings (SSSR count). The third-order valence-electron chi connectivity index (χ3n) is 5.15. The lowest BCUT2D eigenvalue weighted by Gasteiger charge is -2.58. The first-order valence-electron chi connectivity index (χ1n) is 6.94. The Bertz CT molecular complexity index is 423. The third-order valence-corrected chi connectivity index (χ3v) is 6.06. The molecule has 0 aromatic rings. The van der Waals surface area contributed by atoms with E-state index in [1.807, 2.05) is 0 Å². The van der Waals surface area contributed by atoms with E-state index in [0.717, 1.165) is 25.2 Å². The Balaban J connectivity index is 0.00000133. The molecule has 0 radical (unpaired) electrons. The lowest BCUT2D eigenvalue weighted by Crippen LogP contribution is -2.60. The molecular weight excluding hydrogens is 286 g/mol. The van der Waals surface area contributed by atoms with Gasteiger partial charge in [0.2, 0.25) is 0 Å². The second-order valence-electron chi connectivity index (χ2n) is 6.71. The Morgan fingerprint density at radius 3 is 2.32 bits per heavy atom. The highest BCUT2D eigenvalue weighted by Gasteiger charge is 2.55. The zero-order valence-electron chi connectivity index (χ0n) is 11.4. The van der Waals surface area contributed by atoms with Crippen LogP contribution in [0.4, 0.5) is 0 Å². The van der Waals surface area contributed by atoms with Crippen molar-refractivity contribution in [2.75, 3.05) is 18.6 Å². The second kappa shape index (κ2) is 5.17. The third kappa shape index (κ3) is 3.09. The summed E-state index contributed by atoms with van der Waals surface area (Å²) in [6.45, 7) is 0.347. The summed E-state index contributed by atoms with van der Waals surface area (Å²) in [5.74, 6) is 2.12. The Labute approximate surface area is 121 Å². The predicted molar refractivity (Wildman–Crippen MR) is 77.2 cm³/mol. The first-order valence-corrected chi connectivity index (χ1v) is 9.00. The Kier molecular flexibility index (Phi) is 4.23. The van der Waals surface area contributed by atoms with E-state index in [4.69, 9.17) is 10.5 Å². The van der Waals surface area contributed by atoms with Gasteiger partial charge in [-0.05, 0) is 49.9 Å². The number of nitrogens with two attached hydrogens (primary N) is 1. The zero-order valence-corrected chi connectivity index (χ0v) is 13.0. The smallest absolute Gasteiger partial charge is 0.149 e. The molecule has 0 aromatic carbocycles. The molecule has 19 heavy (non-hydrogen) atoms. The van der Waals surface area contributed by atoms with Gasteiger partial charge < -0.3 is 10.5 Å².